The number of quaternary nitrogens is 1. The van der Waals surface area contributed by atoms with Gasteiger partial charge in [0.2, 0.25) is 0 Å². The average molecular weight is 386 g/mol. The third kappa shape index (κ3) is 4.70. The molecule has 0 unspecified atom stereocenters. The Morgan fingerprint density at radius 3 is 2.59 bits per heavy atom. The predicted octanol–water partition coefficient (Wildman–Crippen LogP) is 3.62. The fourth-order valence-corrected chi connectivity index (χ4v) is 3.07. The molecule has 1 aromatic heterocycles. The summed E-state index contributed by atoms with van der Waals surface area (Å²) in [5.74, 6) is 1.20. The van der Waals surface area contributed by atoms with Crippen LogP contribution in [-0.4, -0.2) is 19.1 Å². The van der Waals surface area contributed by atoms with Crippen molar-refractivity contribution in [2.24, 2.45) is 0 Å². The molecule has 2 aromatic carbocycles. The van der Waals surface area contributed by atoms with Crippen molar-refractivity contribution in [3.63, 3.8) is 0 Å². The lowest BCUT2D eigenvalue weighted by Crippen LogP contribution is -2.92. The summed E-state index contributed by atoms with van der Waals surface area (Å²) >= 11 is 6.04. The molecule has 1 amide bonds. The molecule has 0 saturated heterocycles. The van der Waals surface area contributed by atoms with Crippen LogP contribution in [0.25, 0.3) is 0 Å². The van der Waals surface area contributed by atoms with Crippen LogP contribution in [0.5, 0.6) is 5.75 Å². The third-order valence-electron chi connectivity index (χ3n) is 4.32. The van der Waals surface area contributed by atoms with E-state index in [9.17, 15) is 4.79 Å². The molecular formula is C21H22ClN2O3+. The van der Waals surface area contributed by atoms with Crippen LogP contribution in [0.3, 0.4) is 0 Å². The van der Waals surface area contributed by atoms with Crippen LogP contribution in [0.2, 0.25) is 5.02 Å². The van der Waals surface area contributed by atoms with E-state index in [1.54, 1.807) is 31.6 Å². The number of nitrogens with two attached hydrogens (primary N) is 1. The number of furan rings is 1. The van der Waals surface area contributed by atoms with Crippen molar-refractivity contribution in [3.05, 3.63) is 83.3 Å². The molecule has 0 aliphatic rings. The number of carbonyl (C=O) groups excluding carboxylic acids is 1. The molecule has 1 heterocycles. The monoisotopic (exact) mass is 385 g/mol. The number of benzene rings is 2. The number of carbonyl (C=O) groups is 1. The zero-order chi connectivity index (χ0) is 19.2. The first-order valence-corrected chi connectivity index (χ1v) is 9.04. The number of rotatable bonds is 7. The van der Waals surface area contributed by atoms with Gasteiger partial charge >= 0.3 is 0 Å². The molecule has 6 heteroatoms. The molecule has 0 fully saturated rings. The molecule has 3 rings (SSSR count). The molecule has 0 bridgehead atoms. The first-order valence-electron chi connectivity index (χ1n) is 8.66. The zero-order valence-corrected chi connectivity index (χ0v) is 15.9. The van der Waals surface area contributed by atoms with Crippen LogP contribution in [0.15, 0.2) is 71.3 Å². The van der Waals surface area contributed by atoms with E-state index in [2.05, 4.69) is 5.32 Å². The summed E-state index contributed by atoms with van der Waals surface area (Å²) in [6.07, 6.45) is 1.64. The van der Waals surface area contributed by atoms with Gasteiger partial charge in [-0.05, 0) is 37.3 Å². The average Bonchev–Trinajstić information content (AvgIpc) is 3.21. The summed E-state index contributed by atoms with van der Waals surface area (Å²) in [6, 6.07) is 18.3. The van der Waals surface area contributed by atoms with E-state index in [-0.39, 0.29) is 18.0 Å². The van der Waals surface area contributed by atoms with Gasteiger partial charge in [-0.2, -0.15) is 0 Å². The third-order valence-corrected chi connectivity index (χ3v) is 4.56. The van der Waals surface area contributed by atoms with Gasteiger partial charge in [0.15, 0.2) is 17.8 Å². The second-order valence-electron chi connectivity index (χ2n) is 6.22. The van der Waals surface area contributed by atoms with E-state index < -0.39 is 0 Å². The number of hydrogen-bond acceptors (Lipinski definition) is 3. The highest BCUT2D eigenvalue weighted by atomic mass is 35.5. The molecule has 2 atom stereocenters. The van der Waals surface area contributed by atoms with Crippen molar-refractivity contribution in [2.45, 2.75) is 19.0 Å². The second kappa shape index (κ2) is 8.75. The maximum atomic E-state index is 12.8. The normalized spacial score (nSPS) is 13.0. The van der Waals surface area contributed by atoms with E-state index in [1.807, 2.05) is 54.7 Å². The summed E-state index contributed by atoms with van der Waals surface area (Å²) in [4.78, 5) is 12.8. The fraction of sp³-hybridized carbons (Fsp3) is 0.190. The molecule has 0 radical (unpaired) electrons. The van der Waals surface area contributed by atoms with Gasteiger partial charge in [-0.15, -0.1) is 0 Å². The van der Waals surface area contributed by atoms with Gasteiger partial charge in [0.25, 0.3) is 5.91 Å². The van der Waals surface area contributed by atoms with Gasteiger partial charge in [-0.1, -0.05) is 41.9 Å². The van der Waals surface area contributed by atoms with Crippen molar-refractivity contribution >= 4 is 23.2 Å². The fourth-order valence-electron chi connectivity index (χ4n) is 2.90. The summed E-state index contributed by atoms with van der Waals surface area (Å²) in [5.41, 5.74) is 1.61. The Morgan fingerprint density at radius 1 is 1.15 bits per heavy atom. The molecule has 0 aliphatic heterocycles. The molecule has 3 aromatic rings. The SMILES string of the molecule is COc1ccc(Cl)cc1NC(=O)[C@@H](C)[NH2+][C@H](c1ccccc1)c1ccco1. The minimum Gasteiger partial charge on any atom is -0.495 e. The van der Waals surface area contributed by atoms with E-state index in [0.717, 1.165) is 11.3 Å². The Morgan fingerprint density at radius 2 is 1.93 bits per heavy atom. The second-order valence-corrected chi connectivity index (χ2v) is 6.66. The molecular weight excluding hydrogens is 364 g/mol. The summed E-state index contributed by atoms with van der Waals surface area (Å²) < 4.78 is 10.9. The Balaban J connectivity index is 1.77. The predicted molar refractivity (Wildman–Crippen MR) is 105 cm³/mol. The Labute approximate surface area is 163 Å². The van der Waals surface area contributed by atoms with Gasteiger partial charge in [-0.3, -0.25) is 4.79 Å². The van der Waals surface area contributed by atoms with E-state index in [4.69, 9.17) is 20.8 Å². The largest absolute Gasteiger partial charge is 0.495 e. The highest BCUT2D eigenvalue weighted by Gasteiger charge is 2.27. The summed E-state index contributed by atoms with van der Waals surface area (Å²) in [6.45, 7) is 1.85. The molecule has 0 spiro atoms. The van der Waals surface area contributed by atoms with Crippen molar-refractivity contribution in [3.8, 4) is 5.75 Å². The number of nitrogens with one attached hydrogen (secondary N) is 1. The van der Waals surface area contributed by atoms with Gasteiger partial charge in [0, 0.05) is 10.6 Å². The standard InChI is InChI=1S/C21H21ClN2O3/c1-14(21(25)24-17-13-16(22)10-11-18(17)26-2)23-20(19-9-6-12-27-19)15-7-4-3-5-8-15/h3-14,20,23H,1-2H3,(H,24,25)/p+1/t14-,20-/m1/s1. The molecule has 140 valence electrons. The lowest BCUT2D eigenvalue weighted by Gasteiger charge is -2.19. The van der Waals surface area contributed by atoms with Gasteiger partial charge in [0.1, 0.15) is 5.75 Å². The number of halogens is 1. The molecule has 5 nitrogen and oxygen atoms in total. The maximum absolute atomic E-state index is 12.8. The van der Waals surface area contributed by atoms with Crippen LogP contribution in [0.1, 0.15) is 24.3 Å². The highest BCUT2D eigenvalue weighted by Crippen LogP contribution is 2.27. The zero-order valence-electron chi connectivity index (χ0n) is 15.2. The van der Waals surface area contributed by atoms with E-state index >= 15 is 0 Å². The molecule has 3 N–H and O–H groups in total. The molecule has 0 aliphatic carbocycles. The van der Waals surface area contributed by atoms with Gasteiger partial charge in [0.05, 0.1) is 19.1 Å². The van der Waals surface area contributed by atoms with Crippen molar-refractivity contribution < 1.29 is 19.3 Å². The topological polar surface area (TPSA) is 68.1 Å². The van der Waals surface area contributed by atoms with Crippen LogP contribution in [0.4, 0.5) is 5.69 Å². The maximum Gasteiger partial charge on any atom is 0.282 e. The summed E-state index contributed by atoms with van der Waals surface area (Å²) in [7, 11) is 1.55. The number of anilines is 1. The lowest BCUT2D eigenvalue weighted by molar-refractivity contribution is -0.706. The van der Waals surface area contributed by atoms with Crippen molar-refractivity contribution in [2.75, 3.05) is 12.4 Å². The Hall–Kier alpha value is -2.76. The first kappa shape index (κ1) is 19.0. The van der Waals surface area contributed by atoms with Crippen LogP contribution >= 0.6 is 11.6 Å². The van der Waals surface area contributed by atoms with Crippen LogP contribution in [-0.2, 0) is 4.79 Å². The smallest absolute Gasteiger partial charge is 0.282 e. The first-order chi connectivity index (χ1) is 13.1. The number of methoxy groups -OCH3 is 1. The number of amides is 1. The minimum atomic E-state index is -0.371. The molecule has 0 saturated carbocycles. The Bertz CT molecular complexity index is 882. The van der Waals surface area contributed by atoms with Gasteiger partial charge < -0.3 is 19.8 Å². The van der Waals surface area contributed by atoms with E-state index in [0.29, 0.717) is 16.5 Å². The summed E-state index contributed by atoms with van der Waals surface area (Å²) in [5, 5.41) is 5.39. The number of hydrogen-bond donors (Lipinski definition) is 2. The van der Waals surface area contributed by atoms with Crippen molar-refractivity contribution in [1.82, 2.24) is 0 Å². The van der Waals surface area contributed by atoms with Crippen LogP contribution < -0.4 is 15.4 Å². The van der Waals surface area contributed by atoms with Crippen molar-refractivity contribution in [1.29, 1.82) is 0 Å². The quantitative estimate of drug-likeness (QED) is 0.652. The highest BCUT2D eigenvalue weighted by molar-refractivity contribution is 6.31. The Kier molecular flexibility index (Phi) is 6.16. The van der Waals surface area contributed by atoms with Gasteiger partial charge in [-0.25, -0.2) is 0 Å². The lowest BCUT2D eigenvalue weighted by atomic mass is 10.0. The minimum absolute atomic E-state index is 0.122. The number of ether oxygens (including phenoxy) is 1. The van der Waals surface area contributed by atoms with Crippen LogP contribution in [0, 0.1) is 0 Å². The molecule has 27 heavy (non-hydrogen) atoms. The van der Waals surface area contributed by atoms with E-state index in [1.165, 1.54) is 0 Å².